The molecule has 2 rings (SSSR count). The summed E-state index contributed by atoms with van der Waals surface area (Å²) in [6, 6.07) is 0. The zero-order chi connectivity index (χ0) is 12.5. The lowest BCUT2D eigenvalue weighted by atomic mass is 10.0. The third-order valence-electron chi connectivity index (χ3n) is 3.28. The molecule has 96 valence electrons. The average molecular weight is 237 g/mol. The highest BCUT2D eigenvalue weighted by Gasteiger charge is 2.23. The molecule has 2 heterocycles. The van der Waals surface area contributed by atoms with E-state index in [1.807, 2.05) is 4.68 Å². The van der Waals surface area contributed by atoms with Crippen molar-refractivity contribution in [1.82, 2.24) is 25.1 Å². The molecule has 1 aliphatic rings. The molecule has 0 spiro atoms. The van der Waals surface area contributed by atoms with E-state index in [1.54, 1.807) is 0 Å². The van der Waals surface area contributed by atoms with Crippen molar-refractivity contribution in [3.63, 3.8) is 0 Å². The second kappa shape index (κ2) is 4.72. The summed E-state index contributed by atoms with van der Waals surface area (Å²) in [5.41, 5.74) is -0.0414. The summed E-state index contributed by atoms with van der Waals surface area (Å²) in [5, 5.41) is 12.1. The number of rotatable bonds is 2. The number of hydrogen-bond acceptors (Lipinski definition) is 4. The molecule has 1 aromatic rings. The van der Waals surface area contributed by atoms with E-state index < -0.39 is 0 Å². The van der Waals surface area contributed by atoms with Crippen molar-refractivity contribution in [3.05, 3.63) is 5.82 Å². The summed E-state index contributed by atoms with van der Waals surface area (Å²) in [4.78, 5) is 2.46. The van der Waals surface area contributed by atoms with Crippen LogP contribution in [0, 0.1) is 5.92 Å². The fourth-order valence-electron chi connectivity index (χ4n) is 2.46. The van der Waals surface area contributed by atoms with Crippen molar-refractivity contribution in [2.45, 2.75) is 52.6 Å². The average Bonchev–Trinajstić information content (AvgIpc) is 2.65. The van der Waals surface area contributed by atoms with E-state index in [2.05, 4.69) is 48.1 Å². The Bertz CT molecular complexity index is 365. The van der Waals surface area contributed by atoms with Crippen LogP contribution in [-0.4, -0.2) is 38.2 Å². The quantitative estimate of drug-likeness (QED) is 0.785. The molecule has 0 aliphatic carbocycles. The Labute approximate surface area is 103 Å². The first-order valence-corrected chi connectivity index (χ1v) is 6.47. The Hall–Kier alpha value is -0.970. The molecule has 17 heavy (non-hydrogen) atoms. The lowest BCUT2D eigenvalue weighted by Crippen LogP contribution is -2.36. The number of aromatic nitrogens is 4. The second-order valence-electron chi connectivity index (χ2n) is 6.16. The molecule has 0 bridgehead atoms. The van der Waals surface area contributed by atoms with Crippen molar-refractivity contribution >= 4 is 0 Å². The lowest BCUT2D eigenvalue weighted by molar-refractivity contribution is 0.166. The van der Waals surface area contributed by atoms with Gasteiger partial charge < -0.3 is 0 Å². The molecule has 1 saturated heterocycles. The first-order chi connectivity index (χ1) is 7.97. The number of tetrazole rings is 1. The van der Waals surface area contributed by atoms with Gasteiger partial charge in [-0.1, -0.05) is 6.92 Å². The van der Waals surface area contributed by atoms with Gasteiger partial charge in [-0.2, -0.15) is 0 Å². The molecule has 0 radical (unpaired) electrons. The molecule has 0 amide bonds. The van der Waals surface area contributed by atoms with Crippen LogP contribution >= 0.6 is 0 Å². The highest BCUT2D eigenvalue weighted by atomic mass is 15.6. The second-order valence-corrected chi connectivity index (χ2v) is 6.16. The summed E-state index contributed by atoms with van der Waals surface area (Å²) in [6.07, 6.45) is 2.64. The highest BCUT2D eigenvalue weighted by molar-refractivity contribution is 4.88. The molecular weight excluding hydrogens is 214 g/mol. The van der Waals surface area contributed by atoms with Crippen molar-refractivity contribution in [1.29, 1.82) is 0 Å². The van der Waals surface area contributed by atoms with Gasteiger partial charge in [0.15, 0.2) is 5.82 Å². The Kier molecular flexibility index (Phi) is 3.47. The van der Waals surface area contributed by atoms with Gasteiger partial charge in [-0.05, 0) is 56.5 Å². The van der Waals surface area contributed by atoms with Gasteiger partial charge in [0.05, 0.1) is 12.1 Å². The van der Waals surface area contributed by atoms with E-state index >= 15 is 0 Å². The Morgan fingerprint density at radius 3 is 2.76 bits per heavy atom. The van der Waals surface area contributed by atoms with Crippen LogP contribution in [-0.2, 0) is 12.1 Å². The van der Waals surface area contributed by atoms with E-state index in [0.29, 0.717) is 0 Å². The van der Waals surface area contributed by atoms with Crippen LogP contribution in [0.5, 0.6) is 0 Å². The van der Waals surface area contributed by atoms with Crippen LogP contribution < -0.4 is 0 Å². The van der Waals surface area contributed by atoms with Crippen molar-refractivity contribution in [3.8, 4) is 0 Å². The number of hydrogen-bond donors (Lipinski definition) is 0. The largest absolute Gasteiger partial charge is 0.296 e. The predicted octanol–water partition coefficient (Wildman–Crippen LogP) is 1.66. The van der Waals surface area contributed by atoms with Crippen molar-refractivity contribution < 1.29 is 0 Å². The zero-order valence-electron chi connectivity index (χ0n) is 11.3. The van der Waals surface area contributed by atoms with Crippen LogP contribution in [0.15, 0.2) is 0 Å². The van der Waals surface area contributed by atoms with Gasteiger partial charge in [-0.15, -0.1) is 5.10 Å². The van der Waals surface area contributed by atoms with Gasteiger partial charge in [-0.3, -0.25) is 4.90 Å². The molecule has 1 fully saturated rings. The number of piperidine rings is 1. The van der Waals surface area contributed by atoms with Crippen LogP contribution in [0.3, 0.4) is 0 Å². The first-order valence-electron chi connectivity index (χ1n) is 6.47. The topological polar surface area (TPSA) is 46.8 Å². The van der Waals surface area contributed by atoms with E-state index in [-0.39, 0.29) is 5.54 Å². The van der Waals surface area contributed by atoms with E-state index in [0.717, 1.165) is 24.8 Å². The minimum atomic E-state index is -0.0414. The fraction of sp³-hybridized carbons (Fsp3) is 0.917. The maximum atomic E-state index is 4.16. The molecule has 5 heteroatoms. The molecule has 0 unspecified atom stereocenters. The maximum Gasteiger partial charge on any atom is 0.165 e. The summed E-state index contributed by atoms with van der Waals surface area (Å²) in [6.45, 7) is 11.9. The molecule has 5 nitrogen and oxygen atoms in total. The van der Waals surface area contributed by atoms with Crippen LogP contribution in [0.2, 0.25) is 0 Å². The van der Waals surface area contributed by atoms with Crippen LogP contribution in [0.4, 0.5) is 0 Å². The normalized spacial score (nSPS) is 22.9. The van der Waals surface area contributed by atoms with Gasteiger partial charge in [0.1, 0.15) is 0 Å². The van der Waals surface area contributed by atoms with Gasteiger partial charge in [0.25, 0.3) is 0 Å². The maximum absolute atomic E-state index is 4.16. The van der Waals surface area contributed by atoms with Gasteiger partial charge in [0, 0.05) is 6.54 Å². The minimum absolute atomic E-state index is 0.0414. The zero-order valence-corrected chi connectivity index (χ0v) is 11.3. The van der Waals surface area contributed by atoms with Crippen LogP contribution in [0.1, 0.15) is 46.4 Å². The SMILES string of the molecule is C[C@@H]1CCCN(Cc2nnnn2C(C)(C)C)C1. The molecule has 0 N–H and O–H groups in total. The third-order valence-corrected chi connectivity index (χ3v) is 3.28. The molecule has 1 aromatic heterocycles. The molecular formula is C12H23N5. The van der Waals surface area contributed by atoms with Crippen molar-refractivity contribution in [2.24, 2.45) is 5.92 Å². The number of likely N-dealkylation sites (tertiary alicyclic amines) is 1. The molecule has 1 aliphatic heterocycles. The summed E-state index contributed by atoms with van der Waals surface area (Å²) in [7, 11) is 0. The summed E-state index contributed by atoms with van der Waals surface area (Å²) < 4.78 is 1.94. The Balaban J connectivity index is 2.06. The van der Waals surface area contributed by atoms with Gasteiger partial charge in [-0.25, -0.2) is 4.68 Å². The first kappa shape index (κ1) is 12.5. The van der Waals surface area contributed by atoms with Crippen LogP contribution in [0.25, 0.3) is 0 Å². The highest BCUT2D eigenvalue weighted by Crippen LogP contribution is 2.19. The van der Waals surface area contributed by atoms with E-state index in [9.17, 15) is 0 Å². The predicted molar refractivity (Wildman–Crippen MR) is 66.5 cm³/mol. The standard InChI is InChI=1S/C12H23N5/c1-10-6-5-7-16(8-10)9-11-13-14-15-17(11)12(2,3)4/h10H,5-9H2,1-4H3/t10-/m1/s1. The van der Waals surface area contributed by atoms with E-state index in [1.165, 1.54) is 19.4 Å². The summed E-state index contributed by atoms with van der Waals surface area (Å²) in [5.74, 6) is 1.77. The third kappa shape index (κ3) is 3.03. The fourth-order valence-corrected chi connectivity index (χ4v) is 2.46. The Morgan fingerprint density at radius 1 is 1.35 bits per heavy atom. The Morgan fingerprint density at radius 2 is 2.12 bits per heavy atom. The van der Waals surface area contributed by atoms with Gasteiger partial charge in [0.2, 0.25) is 0 Å². The van der Waals surface area contributed by atoms with Gasteiger partial charge >= 0.3 is 0 Å². The van der Waals surface area contributed by atoms with E-state index in [4.69, 9.17) is 0 Å². The number of nitrogens with zero attached hydrogens (tertiary/aromatic N) is 5. The molecule has 0 aromatic carbocycles. The summed E-state index contributed by atoms with van der Waals surface area (Å²) >= 11 is 0. The molecule has 1 atom stereocenters. The lowest BCUT2D eigenvalue weighted by Gasteiger charge is -2.31. The van der Waals surface area contributed by atoms with Crippen molar-refractivity contribution in [2.75, 3.05) is 13.1 Å². The molecule has 0 saturated carbocycles. The minimum Gasteiger partial charge on any atom is -0.296 e. The monoisotopic (exact) mass is 237 g/mol. The smallest absolute Gasteiger partial charge is 0.165 e.